The van der Waals surface area contributed by atoms with Crippen molar-refractivity contribution in [1.29, 1.82) is 0 Å². The second-order valence-corrected chi connectivity index (χ2v) is 3.62. The third-order valence-electron chi connectivity index (χ3n) is 2.35. The number of hydrogen-bond acceptors (Lipinski definition) is 5. The van der Waals surface area contributed by atoms with E-state index in [0.29, 0.717) is 12.5 Å². The highest BCUT2D eigenvalue weighted by Gasteiger charge is 2.14. The molecule has 2 N–H and O–H groups in total. The number of hydrogen-bond donors (Lipinski definition) is 1. The highest BCUT2D eigenvalue weighted by atomic mass is 16.5. The van der Waals surface area contributed by atoms with E-state index >= 15 is 0 Å². The first-order chi connectivity index (χ1) is 8.20. The summed E-state index contributed by atoms with van der Waals surface area (Å²) in [4.78, 5) is 15.4. The van der Waals surface area contributed by atoms with E-state index in [2.05, 4.69) is 16.6 Å². The Balaban J connectivity index is 2.70. The second-order valence-electron chi connectivity index (χ2n) is 3.62. The molecule has 1 aromatic heterocycles. The fourth-order valence-electron chi connectivity index (χ4n) is 1.38. The number of pyridine rings is 1. The molecule has 0 amide bonds. The van der Waals surface area contributed by atoms with Gasteiger partial charge in [0.05, 0.1) is 19.3 Å². The van der Waals surface area contributed by atoms with E-state index in [1.165, 1.54) is 19.4 Å². The quantitative estimate of drug-likeness (QED) is 0.606. The van der Waals surface area contributed by atoms with Gasteiger partial charge in [0.15, 0.2) is 0 Å². The summed E-state index contributed by atoms with van der Waals surface area (Å²) >= 11 is 0. The zero-order chi connectivity index (χ0) is 12.7. The summed E-state index contributed by atoms with van der Waals surface area (Å²) in [6.07, 6.45) is 4.64. The van der Waals surface area contributed by atoms with Crippen LogP contribution in [-0.4, -0.2) is 24.7 Å². The number of carbonyl (C=O) groups is 1. The number of methoxy groups -OCH3 is 1. The third-order valence-corrected chi connectivity index (χ3v) is 2.35. The molecule has 5 heteroatoms. The number of nitrogens with two attached hydrogens (primary N) is 1. The molecule has 1 aromatic rings. The summed E-state index contributed by atoms with van der Waals surface area (Å²) in [6.45, 7) is 2.67. The first kappa shape index (κ1) is 13.3. The number of anilines is 1. The minimum atomic E-state index is -0.483. The van der Waals surface area contributed by atoms with Gasteiger partial charge in [-0.1, -0.05) is 19.8 Å². The van der Waals surface area contributed by atoms with Crippen LogP contribution < -0.4 is 10.5 Å². The van der Waals surface area contributed by atoms with Crippen LogP contribution in [-0.2, 0) is 4.74 Å². The van der Waals surface area contributed by atoms with Crippen molar-refractivity contribution in [2.24, 2.45) is 0 Å². The molecule has 0 saturated heterocycles. The molecule has 0 aliphatic heterocycles. The van der Waals surface area contributed by atoms with Gasteiger partial charge in [0.1, 0.15) is 5.69 Å². The van der Waals surface area contributed by atoms with Gasteiger partial charge in [-0.2, -0.15) is 0 Å². The van der Waals surface area contributed by atoms with Crippen LogP contribution in [0.1, 0.15) is 36.5 Å². The summed E-state index contributed by atoms with van der Waals surface area (Å²) in [5, 5.41) is 0. The van der Waals surface area contributed by atoms with Crippen LogP contribution in [0.4, 0.5) is 5.69 Å². The zero-order valence-corrected chi connectivity index (χ0v) is 10.2. The number of aromatic nitrogens is 1. The Labute approximate surface area is 101 Å². The van der Waals surface area contributed by atoms with Crippen molar-refractivity contribution in [3.8, 4) is 5.88 Å². The van der Waals surface area contributed by atoms with Crippen LogP contribution in [0.2, 0.25) is 0 Å². The minimum Gasteiger partial charge on any atom is -0.476 e. The topological polar surface area (TPSA) is 74.4 Å². The predicted octanol–water partition coefficient (Wildman–Crippen LogP) is 2.02. The van der Waals surface area contributed by atoms with Crippen LogP contribution in [0.15, 0.2) is 12.3 Å². The van der Waals surface area contributed by atoms with Gasteiger partial charge in [-0.25, -0.2) is 9.78 Å². The van der Waals surface area contributed by atoms with Crippen molar-refractivity contribution in [3.63, 3.8) is 0 Å². The minimum absolute atomic E-state index is 0.232. The molecule has 0 bridgehead atoms. The van der Waals surface area contributed by atoms with E-state index in [9.17, 15) is 4.79 Å². The van der Waals surface area contributed by atoms with Gasteiger partial charge in [0.2, 0.25) is 5.88 Å². The first-order valence-corrected chi connectivity index (χ1v) is 5.66. The van der Waals surface area contributed by atoms with Gasteiger partial charge in [-0.05, 0) is 12.5 Å². The van der Waals surface area contributed by atoms with Gasteiger partial charge in [0.25, 0.3) is 0 Å². The van der Waals surface area contributed by atoms with Gasteiger partial charge in [-0.15, -0.1) is 0 Å². The Morgan fingerprint density at radius 1 is 1.47 bits per heavy atom. The van der Waals surface area contributed by atoms with Crippen LogP contribution in [0, 0.1) is 0 Å². The van der Waals surface area contributed by atoms with Crippen LogP contribution in [0.3, 0.4) is 0 Å². The monoisotopic (exact) mass is 238 g/mol. The lowest BCUT2D eigenvalue weighted by Gasteiger charge is -2.09. The van der Waals surface area contributed by atoms with Crippen molar-refractivity contribution in [3.05, 3.63) is 17.8 Å². The number of nitrogens with zero attached hydrogens (tertiary/aromatic N) is 1. The van der Waals surface area contributed by atoms with E-state index in [0.717, 1.165) is 19.3 Å². The smallest absolute Gasteiger partial charge is 0.340 e. The maximum atomic E-state index is 11.4. The Morgan fingerprint density at radius 2 is 2.24 bits per heavy atom. The van der Waals surface area contributed by atoms with E-state index in [1.54, 1.807) is 0 Å². The molecule has 17 heavy (non-hydrogen) atoms. The molecule has 0 aromatic carbocycles. The second kappa shape index (κ2) is 6.73. The van der Waals surface area contributed by atoms with Crippen LogP contribution in [0.25, 0.3) is 0 Å². The Kier molecular flexibility index (Phi) is 5.26. The molecule has 0 spiro atoms. The van der Waals surface area contributed by atoms with Crippen molar-refractivity contribution >= 4 is 11.7 Å². The zero-order valence-electron chi connectivity index (χ0n) is 10.2. The summed E-state index contributed by atoms with van der Waals surface area (Å²) in [5.74, 6) is -0.188. The number of unbranched alkanes of at least 4 members (excludes halogenated alkanes) is 2. The number of ether oxygens (including phenoxy) is 2. The first-order valence-electron chi connectivity index (χ1n) is 5.66. The molecule has 0 atom stereocenters. The van der Waals surface area contributed by atoms with Crippen LogP contribution in [0.5, 0.6) is 5.88 Å². The molecule has 0 aliphatic rings. The van der Waals surface area contributed by atoms with Crippen molar-refractivity contribution in [2.45, 2.75) is 26.2 Å². The van der Waals surface area contributed by atoms with Gasteiger partial charge in [-0.3, -0.25) is 0 Å². The summed E-state index contributed by atoms with van der Waals surface area (Å²) in [6, 6.07) is 1.51. The molecule has 0 aliphatic carbocycles. The molecule has 1 heterocycles. The highest BCUT2D eigenvalue weighted by molar-refractivity contribution is 5.95. The molecule has 94 valence electrons. The lowest BCUT2D eigenvalue weighted by molar-refractivity contribution is 0.0601. The largest absolute Gasteiger partial charge is 0.476 e. The molecule has 0 saturated carbocycles. The maximum Gasteiger partial charge on any atom is 0.340 e. The average Bonchev–Trinajstić information content (AvgIpc) is 2.35. The van der Waals surface area contributed by atoms with Crippen molar-refractivity contribution in [1.82, 2.24) is 4.98 Å². The molecular weight excluding hydrogens is 220 g/mol. The number of carbonyl (C=O) groups excluding carboxylic acids is 1. The normalized spacial score (nSPS) is 10.0. The lowest BCUT2D eigenvalue weighted by atomic mass is 10.2. The van der Waals surface area contributed by atoms with E-state index in [-0.39, 0.29) is 11.3 Å². The Hall–Kier alpha value is -1.78. The molecule has 0 unspecified atom stereocenters. The van der Waals surface area contributed by atoms with Gasteiger partial charge in [0, 0.05) is 6.20 Å². The maximum absolute atomic E-state index is 11.4. The number of rotatable bonds is 6. The van der Waals surface area contributed by atoms with Crippen LogP contribution >= 0.6 is 0 Å². The third kappa shape index (κ3) is 3.62. The SMILES string of the molecule is CCCCCOc1nccc(C(=O)OC)c1N. The molecule has 0 radical (unpaired) electrons. The Bertz CT molecular complexity index is 380. The molecule has 1 rings (SSSR count). The number of nitrogen functional groups attached to an aromatic ring is 1. The molecule has 5 nitrogen and oxygen atoms in total. The standard InChI is InChI=1S/C12H18N2O3/c1-3-4-5-8-17-11-10(13)9(6-7-14-11)12(15)16-2/h6-7H,3-5,8,13H2,1-2H3. The fraction of sp³-hybridized carbons (Fsp3) is 0.500. The summed E-state index contributed by atoms with van der Waals surface area (Å²) < 4.78 is 10.0. The highest BCUT2D eigenvalue weighted by Crippen LogP contribution is 2.23. The Morgan fingerprint density at radius 3 is 2.88 bits per heavy atom. The van der Waals surface area contributed by atoms with E-state index in [1.807, 2.05) is 0 Å². The molecular formula is C12H18N2O3. The van der Waals surface area contributed by atoms with Crippen molar-refractivity contribution < 1.29 is 14.3 Å². The fourth-order valence-corrected chi connectivity index (χ4v) is 1.38. The lowest BCUT2D eigenvalue weighted by Crippen LogP contribution is -2.09. The molecule has 0 fully saturated rings. The van der Waals surface area contributed by atoms with Gasteiger partial charge < -0.3 is 15.2 Å². The summed E-state index contributed by atoms with van der Waals surface area (Å²) in [5.41, 5.74) is 6.30. The predicted molar refractivity (Wildman–Crippen MR) is 65.0 cm³/mol. The van der Waals surface area contributed by atoms with E-state index in [4.69, 9.17) is 10.5 Å². The summed E-state index contributed by atoms with van der Waals surface area (Å²) in [7, 11) is 1.31. The number of esters is 1. The van der Waals surface area contributed by atoms with E-state index < -0.39 is 5.97 Å². The average molecular weight is 238 g/mol. The van der Waals surface area contributed by atoms with Crippen molar-refractivity contribution in [2.75, 3.05) is 19.5 Å². The van der Waals surface area contributed by atoms with Gasteiger partial charge >= 0.3 is 5.97 Å².